The Morgan fingerprint density at radius 3 is 2.02 bits per heavy atom. The molecule has 2 aromatic heterocycles. The minimum absolute atomic E-state index is 0.0110. The van der Waals surface area contributed by atoms with Crippen LogP contribution in [0.25, 0.3) is 11.1 Å². The maximum atomic E-state index is 14.7. The molecular formula is C32H29ClF5N5OS. The monoisotopic (exact) mass is 661 g/mol. The fraction of sp³-hybridized carbons (Fsp3) is 0.156. The highest BCUT2D eigenvalue weighted by Crippen LogP contribution is 2.41. The lowest BCUT2D eigenvalue weighted by Gasteiger charge is -2.16. The SMILES string of the molecule is CC.Cc1ccc(C)cc1.Nc1cc(-c2cc(C(F)(F)F)ccc2Oc2cc(F)c(SNc3ncc(F)cn3)cc2Cl)ccn1. The Balaban J connectivity index is 0.000000475. The van der Waals surface area contributed by atoms with E-state index in [2.05, 4.69) is 57.8 Å². The summed E-state index contributed by atoms with van der Waals surface area (Å²) in [4.78, 5) is 11.3. The molecule has 0 aliphatic rings. The minimum atomic E-state index is -4.60. The molecule has 0 atom stereocenters. The highest BCUT2D eigenvalue weighted by molar-refractivity contribution is 8.00. The van der Waals surface area contributed by atoms with Gasteiger partial charge in [0.2, 0.25) is 5.95 Å². The average Bonchev–Trinajstić information content (AvgIpc) is 3.01. The quantitative estimate of drug-likeness (QED) is 0.138. The third-order valence-electron chi connectivity index (χ3n) is 5.70. The van der Waals surface area contributed by atoms with Crippen LogP contribution in [0.2, 0.25) is 5.02 Å². The Morgan fingerprint density at radius 2 is 1.44 bits per heavy atom. The van der Waals surface area contributed by atoms with Crippen LogP contribution in [0, 0.1) is 25.5 Å². The Hall–Kier alpha value is -4.42. The van der Waals surface area contributed by atoms with Crippen LogP contribution in [0.1, 0.15) is 30.5 Å². The number of halogens is 6. The van der Waals surface area contributed by atoms with Gasteiger partial charge in [-0.2, -0.15) is 13.2 Å². The summed E-state index contributed by atoms with van der Waals surface area (Å²) >= 11 is 7.04. The average molecular weight is 662 g/mol. The first kappa shape index (κ1) is 35.1. The van der Waals surface area contributed by atoms with Crippen molar-refractivity contribution in [3.05, 3.63) is 119 Å². The van der Waals surface area contributed by atoms with Gasteiger partial charge < -0.3 is 10.5 Å². The van der Waals surface area contributed by atoms with Crippen molar-refractivity contribution in [1.29, 1.82) is 0 Å². The molecule has 6 nitrogen and oxygen atoms in total. The first-order valence-electron chi connectivity index (χ1n) is 13.4. The summed E-state index contributed by atoms with van der Waals surface area (Å²) in [5.74, 6) is -1.39. The number of nitrogens with one attached hydrogen (secondary N) is 1. The smallest absolute Gasteiger partial charge is 0.416 e. The minimum Gasteiger partial charge on any atom is -0.455 e. The van der Waals surface area contributed by atoms with Gasteiger partial charge in [0.1, 0.15) is 23.1 Å². The van der Waals surface area contributed by atoms with E-state index in [4.69, 9.17) is 22.1 Å². The normalized spacial score (nSPS) is 10.6. The summed E-state index contributed by atoms with van der Waals surface area (Å²) in [6.07, 6.45) is -1.39. The van der Waals surface area contributed by atoms with Crippen molar-refractivity contribution in [2.24, 2.45) is 0 Å². The van der Waals surface area contributed by atoms with Gasteiger partial charge in [0.15, 0.2) is 5.82 Å². The Kier molecular flexibility index (Phi) is 12.5. The van der Waals surface area contributed by atoms with Gasteiger partial charge in [-0.1, -0.05) is 60.8 Å². The summed E-state index contributed by atoms with van der Waals surface area (Å²) in [6, 6.07) is 16.4. The van der Waals surface area contributed by atoms with Crippen molar-refractivity contribution in [2.75, 3.05) is 10.5 Å². The predicted molar refractivity (Wildman–Crippen MR) is 169 cm³/mol. The van der Waals surface area contributed by atoms with E-state index in [9.17, 15) is 22.0 Å². The van der Waals surface area contributed by atoms with Crippen molar-refractivity contribution in [3.8, 4) is 22.6 Å². The molecule has 0 aliphatic carbocycles. The van der Waals surface area contributed by atoms with E-state index in [0.29, 0.717) is 5.56 Å². The summed E-state index contributed by atoms with van der Waals surface area (Å²) in [5.41, 5.74) is 7.80. The number of rotatable bonds is 6. The number of nitrogens with zero attached hydrogens (tertiary/aromatic N) is 3. The zero-order chi connectivity index (χ0) is 33.1. The number of benzene rings is 3. The van der Waals surface area contributed by atoms with Gasteiger partial charge in [-0.25, -0.2) is 23.7 Å². The molecule has 0 saturated carbocycles. The molecule has 3 aromatic carbocycles. The van der Waals surface area contributed by atoms with Gasteiger partial charge >= 0.3 is 6.18 Å². The van der Waals surface area contributed by atoms with E-state index < -0.39 is 23.4 Å². The molecule has 0 unspecified atom stereocenters. The molecule has 0 bridgehead atoms. The number of aryl methyl sites for hydroxylation is 2. The molecule has 2 heterocycles. The largest absolute Gasteiger partial charge is 0.455 e. The third-order valence-corrected chi connectivity index (χ3v) is 6.81. The standard InChI is InChI=1S/C22H13ClF5N5OS.C8H10.C2H6/c23-15-7-19(35-33-21-31-9-13(24)10-32-21)16(25)8-18(15)34-17-2-1-12(22(26,27)28)6-14(17)11-3-4-30-20(29)5-11;1-7-3-5-8(2)6-4-7;1-2/h1-10H,(H2,29,30)(H,31,32,33);3-6H,1-2H3;1-2H3. The summed E-state index contributed by atoms with van der Waals surface area (Å²) in [5, 5.41) is -0.0178. The van der Waals surface area contributed by atoms with Crippen molar-refractivity contribution in [2.45, 2.75) is 38.8 Å². The first-order valence-corrected chi connectivity index (χ1v) is 14.6. The lowest BCUT2D eigenvalue weighted by Crippen LogP contribution is -2.05. The highest BCUT2D eigenvalue weighted by atomic mass is 35.5. The molecule has 0 aliphatic heterocycles. The van der Waals surface area contributed by atoms with Gasteiger partial charge in [-0.3, -0.25) is 4.72 Å². The number of aromatic nitrogens is 3. The molecule has 0 amide bonds. The van der Waals surface area contributed by atoms with E-state index in [1.165, 1.54) is 35.5 Å². The van der Waals surface area contributed by atoms with Gasteiger partial charge in [0.25, 0.3) is 0 Å². The second-order valence-electron chi connectivity index (χ2n) is 9.08. The van der Waals surface area contributed by atoms with E-state index in [-0.39, 0.29) is 38.7 Å². The molecular weight excluding hydrogens is 633 g/mol. The van der Waals surface area contributed by atoms with E-state index in [1.807, 2.05) is 13.8 Å². The van der Waals surface area contributed by atoms with Crippen LogP contribution in [0.4, 0.5) is 33.7 Å². The van der Waals surface area contributed by atoms with Crippen LogP contribution in [0.5, 0.6) is 11.5 Å². The Bertz CT molecular complexity index is 1680. The van der Waals surface area contributed by atoms with Gasteiger partial charge in [-0.15, -0.1) is 0 Å². The molecule has 5 rings (SSSR count). The molecule has 236 valence electrons. The number of alkyl halides is 3. The molecule has 13 heteroatoms. The molecule has 5 aromatic rings. The number of ether oxygens (including phenoxy) is 1. The molecule has 3 N–H and O–H groups in total. The van der Waals surface area contributed by atoms with E-state index >= 15 is 0 Å². The van der Waals surface area contributed by atoms with E-state index in [0.717, 1.165) is 48.6 Å². The maximum Gasteiger partial charge on any atom is 0.416 e. The van der Waals surface area contributed by atoms with Crippen molar-refractivity contribution in [1.82, 2.24) is 15.0 Å². The zero-order valence-electron chi connectivity index (χ0n) is 24.6. The number of hydrogen-bond donors (Lipinski definition) is 2. The topological polar surface area (TPSA) is 86.0 Å². The van der Waals surface area contributed by atoms with Crippen LogP contribution in [-0.4, -0.2) is 15.0 Å². The summed E-state index contributed by atoms with van der Waals surface area (Å²) < 4.78 is 75.9. The second kappa shape index (κ2) is 16.1. The number of pyridine rings is 1. The van der Waals surface area contributed by atoms with Crippen LogP contribution in [-0.2, 0) is 6.18 Å². The zero-order valence-corrected chi connectivity index (χ0v) is 26.2. The summed E-state index contributed by atoms with van der Waals surface area (Å²) in [6.45, 7) is 8.19. The fourth-order valence-corrected chi connectivity index (χ4v) is 4.43. The van der Waals surface area contributed by atoms with Gasteiger partial charge in [0, 0.05) is 17.8 Å². The summed E-state index contributed by atoms with van der Waals surface area (Å²) in [7, 11) is 0. The van der Waals surface area contributed by atoms with Crippen LogP contribution < -0.4 is 15.2 Å². The first-order chi connectivity index (χ1) is 21.4. The number of hydrogen-bond acceptors (Lipinski definition) is 7. The molecule has 0 fully saturated rings. The van der Waals surface area contributed by atoms with Crippen molar-refractivity contribution in [3.63, 3.8) is 0 Å². The third kappa shape index (κ3) is 10.3. The second-order valence-corrected chi connectivity index (χ2v) is 10.3. The molecule has 0 radical (unpaired) electrons. The highest BCUT2D eigenvalue weighted by Gasteiger charge is 2.31. The lowest BCUT2D eigenvalue weighted by molar-refractivity contribution is -0.137. The lowest BCUT2D eigenvalue weighted by atomic mass is 10.0. The number of nitrogen functional groups attached to an aromatic ring is 1. The number of anilines is 2. The van der Waals surface area contributed by atoms with Crippen LogP contribution in [0.15, 0.2) is 90.2 Å². The predicted octanol–water partition coefficient (Wildman–Crippen LogP) is 10.3. The van der Waals surface area contributed by atoms with Crippen LogP contribution in [0.3, 0.4) is 0 Å². The maximum absolute atomic E-state index is 14.7. The van der Waals surface area contributed by atoms with E-state index in [1.54, 1.807) is 0 Å². The molecule has 0 saturated heterocycles. The Morgan fingerprint density at radius 1 is 0.822 bits per heavy atom. The van der Waals surface area contributed by atoms with Crippen molar-refractivity contribution >= 4 is 35.3 Å². The molecule has 0 spiro atoms. The van der Waals surface area contributed by atoms with Gasteiger partial charge in [-0.05, 0) is 67.8 Å². The van der Waals surface area contributed by atoms with Crippen molar-refractivity contribution < 1.29 is 26.7 Å². The Labute approximate surface area is 267 Å². The van der Waals surface area contributed by atoms with Crippen LogP contribution >= 0.6 is 23.5 Å². The fourth-order valence-electron chi connectivity index (χ4n) is 3.52. The van der Waals surface area contributed by atoms with Gasteiger partial charge in [0.05, 0.1) is 27.9 Å². The molecule has 45 heavy (non-hydrogen) atoms. The number of nitrogens with two attached hydrogens (primary N) is 1.